The number of rotatable bonds is 5. The quantitative estimate of drug-likeness (QED) is 0.416. The summed E-state index contributed by atoms with van der Waals surface area (Å²) in [6.07, 6.45) is 1.07. The molecule has 0 rings (SSSR count). The van der Waals surface area contributed by atoms with Crippen LogP contribution in [-0.4, -0.2) is 28.8 Å². The fourth-order valence-electron chi connectivity index (χ4n) is 0.751. The summed E-state index contributed by atoms with van der Waals surface area (Å²) >= 11 is 4.51. The summed E-state index contributed by atoms with van der Waals surface area (Å²) in [5.41, 5.74) is 10.4. The molecule has 0 fully saturated rings. The molecule has 0 spiro atoms. The largest absolute Gasteiger partial charge is 0.480 e. The maximum Gasteiger partial charge on any atom is 0.326 e. The molecule has 0 aromatic rings. The van der Waals surface area contributed by atoms with E-state index in [9.17, 15) is 4.79 Å². The van der Waals surface area contributed by atoms with E-state index in [-0.39, 0.29) is 5.11 Å². The minimum absolute atomic E-state index is 0.000536. The molecule has 1 atom stereocenters. The number of aliphatic carboxylic acids is 1. The molecule has 0 saturated heterocycles. The van der Waals surface area contributed by atoms with Crippen molar-refractivity contribution in [2.75, 3.05) is 6.54 Å². The molecule has 0 aliphatic carbocycles. The van der Waals surface area contributed by atoms with Gasteiger partial charge in [0.15, 0.2) is 5.11 Å². The van der Waals surface area contributed by atoms with Crippen LogP contribution in [-0.2, 0) is 4.79 Å². The summed E-state index contributed by atoms with van der Waals surface area (Å²) in [4.78, 5) is 10.5. The van der Waals surface area contributed by atoms with Gasteiger partial charge in [-0.2, -0.15) is 0 Å². The van der Waals surface area contributed by atoms with Crippen molar-refractivity contribution in [3.8, 4) is 0 Å². The Kier molecular flexibility index (Phi) is 5.31. The van der Waals surface area contributed by atoms with Crippen molar-refractivity contribution < 1.29 is 9.90 Å². The van der Waals surface area contributed by atoms with E-state index in [2.05, 4.69) is 17.5 Å². The highest BCUT2D eigenvalue weighted by Gasteiger charge is 2.15. The first-order chi connectivity index (χ1) is 5.57. The number of thiocarbonyl (C=S) groups is 1. The number of hydrogen-bond acceptors (Lipinski definition) is 3. The first kappa shape index (κ1) is 11.1. The molecule has 0 heterocycles. The van der Waals surface area contributed by atoms with Crippen molar-refractivity contribution >= 4 is 23.3 Å². The van der Waals surface area contributed by atoms with Gasteiger partial charge in [0.25, 0.3) is 0 Å². The lowest BCUT2D eigenvalue weighted by Gasteiger charge is -2.12. The van der Waals surface area contributed by atoms with Crippen LogP contribution in [0.3, 0.4) is 0 Å². The highest BCUT2D eigenvalue weighted by molar-refractivity contribution is 7.80. The summed E-state index contributed by atoms with van der Waals surface area (Å²) in [6.45, 7) is 0.461. The molecule has 0 bridgehead atoms. The molecule has 0 unspecified atom stereocenters. The Bertz CT molecular complexity index is 174. The average molecular weight is 191 g/mol. The Balaban J connectivity index is 3.87. The second-order valence-electron chi connectivity index (χ2n) is 2.33. The van der Waals surface area contributed by atoms with Gasteiger partial charge in [0, 0.05) is 0 Å². The third-order valence-electron chi connectivity index (χ3n) is 1.31. The zero-order valence-electron chi connectivity index (χ0n) is 6.62. The smallest absolute Gasteiger partial charge is 0.326 e. The lowest BCUT2D eigenvalue weighted by molar-refractivity contribution is -0.139. The van der Waals surface area contributed by atoms with Crippen LogP contribution in [0.15, 0.2) is 0 Å². The molecular weight excluding hydrogens is 178 g/mol. The third kappa shape index (κ3) is 4.86. The van der Waals surface area contributed by atoms with E-state index in [1.807, 2.05) is 0 Å². The standard InChI is InChI=1S/C6H13N3O2S/c7-3-1-2-4(5(10)11)9-6(8)12/h4H,1-3,7H2,(H,10,11)(H3,8,9,12)/t4-/m0/s1. The van der Waals surface area contributed by atoms with Crippen LogP contribution in [0.4, 0.5) is 0 Å². The van der Waals surface area contributed by atoms with Crippen molar-refractivity contribution in [2.45, 2.75) is 18.9 Å². The van der Waals surface area contributed by atoms with Crippen LogP contribution in [0.25, 0.3) is 0 Å². The van der Waals surface area contributed by atoms with Crippen molar-refractivity contribution in [1.29, 1.82) is 0 Å². The molecule has 5 nitrogen and oxygen atoms in total. The summed E-state index contributed by atoms with van der Waals surface area (Å²) in [5.74, 6) is -0.962. The van der Waals surface area contributed by atoms with E-state index in [1.54, 1.807) is 0 Å². The maximum absolute atomic E-state index is 10.5. The lowest BCUT2D eigenvalue weighted by Crippen LogP contribution is -2.43. The number of carbonyl (C=O) groups is 1. The van der Waals surface area contributed by atoms with Gasteiger partial charge < -0.3 is 21.9 Å². The van der Waals surface area contributed by atoms with E-state index in [1.165, 1.54) is 0 Å². The first-order valence-electron chi connectivity index (χ1n) is 3.56. The molecule has 12 heavy (non-hydrogen) atoms. The topological polar surface area (TPSA) is 101 Å². The lowest BCUT2D eigenvalue weighted by atomic mass is 10.1. The molecule has 0 saturated carbocycles. The van der Waals surface area contributed by atoms with Gasteiger partial charge in [-0.25, -0.2) is 4.79 Å². The zero-order chi connectivity index (χ0) is 9.56. The fourth-order valence-corrected chi connectivity index (χ4v) is 0.893. The van der Waals surface area contributed by atoms with E-state index in [0.29, 0.717) is 19.4 Å². The maximum atomic E-state index is 10.5. The molecule has 0 aliphatic rings. The Morgan fingerprint density at radius 2 is 2.25 bits per heavy atom. The average Bonchev–Trinajstić information content (AvgIpc) is 1.96. The van der Waals surface area contributed by atoms with E-state index in [4.69, 9.17) is 16.6 Å². The van der Waals surface area contributed by atoms with Gasteiger partial charge in [-0.05, 0) is 31.6 Å². The van der Waals surface area contributed by atoms with Crippen LogP contribution in [0.5, 0.6) is 0 Å². The number of hydrogen-bond donors (Lipinski definition) is 4. The summed E-state index contributed by atoms with van der Waals surface area (Å²) in [6, 6.07) is -0.717. The molecule has 0 aromatic carbocycles. The molecule has 70 valence electrons. The van der Waals surface area contributed by atoms with Gasteiger partial charge in [0.2, 0.25) is 0 Å². The van der Waals surface area contributed by atoms with Gasteiger partial charge in [-0.15, -0.1) is 0 Å². The zero-order valence-corrected chi connectivity index (χ0v) is 7.43. The monoisotopic (exact) mass is 191 g/mol. The number of carboxylic acid groups (broad SMARTS) is 1. The number of nitrogens with one attached hydrogen (secondary N) is 1. The number of nitrogens with two attached hydrogens (primary N) is 2. The van der Waals surface area contributed by atoms with Gasteiger partial charge in [-0.3, -0.25) is 0 Å². The minimum atomic E-state index is -0.962. The van der Waals surface area contributed by atoms with Crippen molar-refractivity contribution in [3.63, 3.8) is 0 Å². The van der Waals surface area contributed by atoms with Crippen LogP contribution in [0, 0.1) is 0 Å². The second-order valence-corrected chi connectivity index (χ2v) is 2.77. The summed E-state index contributed by atoms with van der Waals surface area (Å²) in [7, 11) is 0. The predicted octanol–water partition coefficient (Wildman–Crippen LogP) is -0.988. The molecule has 6 heteroatoms. The van der Waals surface area contributed by atoms with Crippen LogP contribution in [0.2, 0.25) is 0 Å². The fraction of sp³-hybridized carbons (Fsp3) is 0.667. The SMILES string of the molecule is NCCC[C@H](NC(N)=S)C(=O)O. The van der Waals surface area contributed by atoms with Crippen LogP contribution < -0.4 is 16.8 Å². The van der Waals surface area contributed by atoms with Crippen LogP contribution >= 0.6 is 12.2 Å². The molecular formula is C6H13N3O2S. The molecule has 6 N–H and O–H groups in total. The van der Waals surface area contributed by atoms with Gasteiger partial charge >= 0.3 is 5.97 Å². The van der Waals surface area contributed by atoms with E-state index < -0.39 is 12.0 Å². The van der Waals surface area contributed by atoms with Gasteiger partial charge in [0.05, 0.1) is 0 Å². The van der Waals surface area contributed by atoms with E-state index >= 15 is 0 Å². The van der Waals surface area contributed by atoms with Crippen molar-refractivity contribution in [1.82, 2.24) is 5.32 Å². The highest BCUT2D eigenvalue weighted by Crippen LogP contribution is 1.95. The summed E-state index contributed by atoms with van der Waals surface area (Å²) in [5, 5.41) is 11.1. The Morgan fingerprint density at radius 1 is 1.67 bits per heavy atom. The van der Waals surface area contributed by atoms with Crippen molar-refractivity contribution in [3.05, 3.63) is 0 Å². The Morgan fingerprint density at radius 3 is 2.58 bits per heavy atom. The Labute approximate surface area is 76.1 Å². The molecule has 0 amide bonds. The predicted molar refractivity (Wildman–Crippen MR) is 49.6 cm³/mol. The number of carboxylic acids is 1. The van der Waals surface area contributed by atoms with E-state index in [0.717, 1.165) is 0 Å². The highest BCUT2D eigenvalue weighted by atomic mass is 32.1. The molecule has 0 aromatic heterocycles. The second kappa shape index (κ2) is 5.73. The van der Waals surface area contributed by atoms with Gasteiger partial charge in [0.1, 0.15) is 6.04 Å². The minimum Gasteiger partial charge on any atom is -0.480 e. The summed E-state index contributed by atoms with van der Waals surface area (Å²) < 4.78 is 0. The van der Waals surface area contributed by atoms with Crippen molar-refractivity contribution in [2.24, 2.45) is 11.5 Å². The molecule has 0 radical (unpaired) electrons. The third-order valence-corrected chi connectivity index (χ3v) is 1.43. The normalized spacial score (nSPS) is 12.1. The van der Waals surface area contributed by atoms with Gasteiger partial charge in [-0.1, -0.05) is 0 Å². The van der Waals surface area contributed by atoms with Crippen LogP contribution in [0.1, 0.15) is 12.8 Å². The molecule has 0 aliphatic heterocycles. The first-order valence-corrected chi connectivity index (χ1v) is 3.97. The Hall–Kier alpha value is -0.880.